The summed E-state index contributed by atoms with van der Waals surface area (Å²) in [5, 5.41) is 2.41. The van der Waals surface area contributed by atoms with Crippen molar-refractivity contribution in [1.82, 2.24) is 9.36 Å². The van der Waals surface area contributed by atoms with E-state index in [-0.39, 0.29) is 17.2 Å². The molecule has 2 aromatic carbocycles. The number of fused-ring (bicyclic) bond motifs is 3. The Morgan fingerprint density at radius 3 is 2.08 bits per heavy atom. The average Bonchev–Trinajstić information content (AvgIpc) is 2.64. The highest BCUT2D eigenvalue weighted by Crippen LogP contribution is 2.23. The summed E-state index contributed by atoms with van der Waals surface area (Å²) >= 11 is 0. The van der Waals surface area contributed by atoms with Gasteiger partial charge in [0, 0.05) is 0 Å². The molecule has 0 saturated carbocycles. The summed E-state index contributed by atoms with van der Waals surface area (Å²) in [6, 6.07) is 9.70. The van der Waals surface area contributed by atoms with Gasteiger partial charge in [-0.15, -0.1) is 0 Å². The molecule has 0 bridgehead atoms. The summed E-state index contributed by atoms with van der Waals surface area (Å²) in [7, 11) is 1.26. The van der Waals surface area contributed by atoms with Crippen molar-refractivity contribution >= 4 is 27.5 Å². The number of aromatic nitrogens is 2. The minimum atomic E-state index is -0.947. The number of hydrogen-bond donors (Lipinski definition) is 0. The van der Waals surface area contributed by atoms with Gasteiger partial charge in [0.1, 0.15) is 0 Å². The number of methoxy groups -OCH3 is 1. The van der Waals surface area contributed by atoms with Gasteiger partial charge in [0.2, 0.25) is 0 Å². The molecule has 0 unspecified atom stereocenters. The lowest BCUT2D eigenvalue weighted by Gasteiger charge is -2.27. The van der Waals surface area contributed by atoms with Crippen LogP contribution in [0.2, 0.25) is 0 Å². The Bertz CT molecular complexity index is 1170. The second-order valence-corrected chi connectivity index (χ2v) is 6.14. The van der Waals surface area contributed by atoms with Crippen LogP contribution in [0.1, 0.15) is 19.0 Å². The summed E-state index contributed by atoms with van der Waals surface area (Å²) in [4.78, 5) is 38.3. The van der Waals surface area contributed by atoms with Gasteiger partial charge in [-0.25, -0.2) is 14.2 Å². The number of hydrogen-bond acceptors (Lipinski definition) is 4. The molecule has 0 amide bonds. The van der Waals surface area contributed by atoms with E-state index in [9.17, 15) is 14.4 Å². The highest BCUT2D eigenvalue weighted by Gasteiger charge is 2.29. The zero-order chi connectivity index (χ0) is 17.7. The summed E-state index contributed by atoms with van der Waals surface area (Å²) in [6.45, 7) is 1.80. The highest BCUT2D eigenvalue weighted by atomic mass is 16.5. The van der Waals surface area contributed by atoms with Crippen LogP contribution < -0.4 is 11.1 Å². The molecule has 1 aromatic heterocycles. The molecule has 126 valence electrons. The molecule has 1 aliphatic rings. The van der Waals surface area contributed by atoms with Gasteiger partial charge in [-0.1, -0.05) is 36.4 Å². The van der Waals surface area contributed by atoms with E-state index >= 15 is 0 Å². The van der Waals surface area contributed by atoms with Crippen LogP contribution in [-0.2, 0) is 9.53 Å². The molecule has 0 spiro atoms. The van der Waals surface area contributed by atoms with Gasteiger partial charge >= 0.3 is 5.97 Å². The quantitative estimate of drug-likeness (QED) is 0.388. The largest absolute Gasteiger partial charge is 0.467 e. The van der Waals surface area contributed by atoms with Crippen molar-refractivity contribution in [2.24, 2.45) is 0 Å². The predicted octanol–water partition coefficient (Wildman–Crippen LogP) is 2.16. The van der Waals surface area contributed by atoms with Crippen molar-refractivity contribution in [2.75, 3.05) is 7.11 Å². The summed E-state index contributed by atoms with van der Waals surface area (Å²) < 4.78 is 7.33. The molecule has 25 heavy (non-hydrogen) atoms. The maximum atomic E-state index is 13.1. The van der Waals surface area contributed by atoms with E-state index in [1.54, 1.807) is 31.2 Å². The summed E-state index contributed by atoms with van der Waals surface area (Å²) in [6.07, 6.45) is 3.33. The van der Waals surface area contributed by atoms with Gasteiger partial charge in [0.05, 0.1) is 23.9 Å². The topological polar surface area (TPSA) is 70.3 Å². The first-order valence-electron chi connectivity index (χ1n) is 7.99. The summed E-state index contributed by atoms with van der Waals surface area (Å²) in [5.74, 6) is -0.585. The lowest BCUT2D eigenvalue weighted by atomic mass is 10.0. The molecule has 0 aliphatic carbocycles. The van der Waals surface area contributed by atoms with E-state index in [1.807, 2.05) is 24.3 Å². The van der Waals surface area contributed by atoms with Crippen LogP contribution >= 0.6 is 0 Å². The van der Waals surface area contributed by atoms with Crippen molar-refractivity contribution in [2.45, 2.75) is 19.0 Å². The van der Waals surface area contributed by atoms with Crippen molar-refractivity contribution in [3.05, 3.63) is 69.3 Å². The molecule has 2 heterocycles. The zero-order valence-corrected chi connectivity index (χ0v) is 13.8. The maximum Gasteiger partial charge on any atom is 0.334 e. The van der Waals surface area contributed by atoms with E-state index in [0.29, 0.717) is 10.8 Å². The van der Waals surface area contributed by atoms with E-state index in [0.717, 1.165) is 10.8 Å². The van der Waals surface area contributed by atoms with Crippen LogP contribution in [0.4, 0.5) is 0 Å². The number of nitrogens with zero attached hydrogens (tertiary/aromatic N) is 2. The van der Waals surface area contributed by atoms with E-state index in [1.165, 1.54) is 16.5 Å². The molecule has 2 atom stereocenters. The van der Waals surface area contributed by atoms with E-state index in [4.69, 9.17) is 4.74 Å². The second kappa shape index (κ2) is 5.44. The normalized spacial score (nSPS) is 19.1. The number of allylic oxidation sites excluding steroid dienone is 1. The molecule has 4 rings (SSSR count). The monoisotopic (exact) mass is 336 g/mol. The second-order valence-electron chi connectivity index (χ2n) is 6.14. The number of benzene rings is 2. The molecule has 0 N–H and O–H groups in total. The first-order valence-corrected chi connectivity index (χ1v) is 7.99. The Morgan fingerprint density at radius 1 is 0.960 bits per heavy atom. The molecule has 6 heteroatoms. The van der Waals surface area contributed by atoms with Crippen molar-refractivity contribution in [1.29, 1.82) is 0 Å². The van der Waals surface area contributed by atoms with Crippen LogP contribution in [0, 0.1) is 0 Å². The van der Waals surface area contributed by atoms with Gasteiger partial charge in [-0.05, 0) is 29.8 Å². The molecule has 6 nitrogen and oxygen atoms in total. The smallest absolute Gasteiger partial charge is 0.334 e. The standard InChI is InChI=1S/C19H16N2O4/c1-11-7-8-16(19(24)25-2)21-18(23)15-10-13-6-4-3-5-12(13)9-14(15)17(22)20(11)21/h3-11,16H,1-2H3/t11-,16-/m0/s1. The van der Waals surface area contributed by atoms with Gasteiger partial charge in [0.25, 0.3) is 11.1 Å². The minimum absolute atomic E-state index is 0.300. The van der Waals surface area contributed by atoms with Crippen molar-refractivity contribution in [3.63, 3.8) is 0 Å². The number of esters is 1. The number of rotatable bonds is 1. The SMILES string of the molecule is COC(=O)[C@@H]1C=C[C@H](C)n2c(=O)c3cc4ccccc4cc3c(=O)n21. The maximum absolute atomic E-state index is 13.1. The van der Waals surface area contributed by atoms with Crippen LogP contribution in [0.3, 0.4) is 0 Å². The Balaban J connectivity index is 2.17. The van der Waals surface area contributed by atoms with Crippen molar-refractivity contribution < 1.29 is 9.53 Å². The van der Waals surface area contributed by atoms with Crippen LogP contribution in [-0.4, -0.2) is 22.4 Å². The lowest BCUT2D eigenvalue weighted by molar-refractivity contribution is -0.143. The first-order chi connectivity index (χ1) is 12.0. The Morgan fingerprint density at radius 2 is 1.52 bits per heavy atom. The molecular formula is C19H16N2O4. The fourth-order valence-electron chi connectivity index (χ4n) is 3.41. The predicted molar refractivity (Wildman–Crippen MR) is 94.9 cm³/mol. The minimum Gasteiger partial charge on any atom is -0.467 e. The molecule has 3 aromatic rings. The molecule has 0 saturated heterocycles. The third-order valence-corrected chi connectivity index (χ3v) is 4.66. The third-order valence-electron chi connectivity index (χ3n) is 4.66. The molecule has 0 radical (unpaired) electrons. The van der Waals surface area contributed by atoms with Gasteiger partial charge < -0.3 is 4.74 Å². The molecule has 0 fully saturated rings. The molecular weight excluding hydrogens is 320 g/mol. The number of carbonyl (C=O) groups is 1. The average molecular weight is 336 g/mol. The first kappa shape index (κ1) is 15.4. The fourth-order valence-corrected chi connectivity index (χ4v) is 3.41. The Labute approximate surface area is 142 Å². The zero-order valence-electron chi connectivity index (χ0n) is 13.8. The summed E-state index contributed by atoms with van der Waals surface area (Å²) in [5.41, 5.74) is -0.682. The number of carbonyl (C=O) groups excluding carboxylic acids is 1. The van der Waals surface area contributed by atoms with Crippen LogP contribution in [0.15, 0.2) is 58.1 Å². The van der Waals surface area contributed by atoms with Gasteiger partial charge in [-0.3, -0.25) is 9.59 Å². The van der Waals surface area contributed by atoms with Crippen LogP contribution in [0.25, 0.3) is 21.5 Å². The lowest BCUT2D eigenvalue weighted by Crippen LogP contribution is -2.45. The highest BCUT2D eigenvalue weighted by molar-refractivity contribution is 5.97. The van der Waals surface area contributed by atoms with Crippen LogP contribution in [0.5, 0.6) is 0 Å². The van der Waals surface area contributed by atoms with Gasteiger partial charge in [0.15, 0.2) is 6.04 Å². The van der Waals surface area contributed by atoms with Gasteiger partial charge in [-0.2, -0.15) is 0 Å². The van der Waals surface area contributed by atoms with E-state index < -0.39 is 12.0 Å². The third kappa shape index (κ3) is 2.14. The molecule has 1 aliphatic heterocycles. The number of ether oxygens (including phenoxy) is 1. The Hall–Kier alpha value is -3.15. The van der Waals surface area contributed by atoms with E-state index in [2.05, 4.69) is 0 Å². The van der Waals surface area contributed by atoms with Crippen molar-refractivity contribution in [3.8, 4) is 0 Å². The Kier molecular flexibility index (Phi) is 3.35. The fraction of sp³-hybridized carbons (Fsp3) is 0.211.